The minimum Gasteiger partial charge on any atom is -0.390 e. The van der Waals surface area contributed by atoms with Crippen molar-refractivity contribution in [2.24, 2.45) is 0 Å². The fraction of sp³-hybridized carbons (Fsp3) is 0.778. The quantitative estimate of drug-likeness (QED) is 0.477. The molecule has 0 radical (unpaired) electrons. The van der Waals surface area contributed by atoms with Crippen LogP contribution < -0.4 is 0 Å². The third-order valence-electron chi connectivity index (χ3n) is 4.13. The highest BCUT2D eigenvalue weighted by molar-refractivity contribution is 4.98. The van der Waals surface area contributed by atoms with Gasteiger partial charge in [0, 0.05) is 0 Å². The molecule has 122 valence electrons. The van der Waals surface area contributed by atoms with Gasteiger partial charge in [-0.3, -0.25) is 0 Å². The van der Waals surface area contributed by atoms with E-state index < -0.39 is 12.2 Å². The lowest BCUT2D eigenvalue weighted by Crippen LogP contribution is -2.42. The van der Waals surface area contributed by atoms with Crippen molar-refractivity contribution in [3.63, 3.8) is 0 Å². The van der Waals surface area contributed by atoms with Crippen LogP contribution in [-0.2, 0) is 4.74 Å². The summed E-state index contributed by atoms with van der Waals surface area (Å²) in [6, 6.07) is 0. The predicted octanol–water partition coefficient (Wildman–Crippen LogP) is 3.75. The van der Waals surface area contributed by atoms with Crippen molar-refractivity contribution in [2.45, 2.75) is 89.1 Å². The van der Waals surface area contributed by atoms with Gasteiger partial charge in [0.15, 0.2) is 0 Å². The molecule has 1 aliphatic heterocycles. The average molecular weight is 296 g/mol. The normalized spacial score (nSPS) is 27.9. The second-order valence-electron chi connectivity index (χ2n) is 5.99. The van der Waals surface area contributed by atoms with Crippen LogP contribution in [0.2, 0.25) is 0 Å². The van der Waals surface area contributed by atoms with Gasteiger partial charge in [-0.1, -0.05) is 57.3 Å². The molecule has 0 aliphatic carbocycles. The summed E-state index contributed by atoms with van der Waals surface area (Å²) in [6.07, 6.45) is 14.1. The van der Waals surface area contributed by atoms with Crippen LogP contribution in [0.1, 0.15) is 64.7 Å². The molecule has 0 spiro atoms. The van der Waals surface area contributed by atoms with E-state index in [0.29, 0.717) is 12.8 Å². The van der Waals surface area contributed by atoms with Gasteiger partial charge in [-0.15, -0.1) is 6.58 Å². The first-order chi connectivity index (χ1) is 10.2. The molecule has 0 bridgehead atoms. The van der Waals surface area contributed by atoms with Crippen molar-refractivity contribution in [1.82, 2.24) is 0 Å². The van der Waals surface area contributed by atoms with Crippen LogP contribution in [-0.4, -0.2) is 34.6 Å². The average Bonchev–Trinajstić information content (AvgIpc) is 2.50. The first-order valence-electron chi connectivity index (χ1n) is 8.49. The van der Waals surface area contributed by atoms with Crippen LogP contribution in [0.5, 0.6) is 0 Å². The van der Waals surface area contributed by atoms with Crippen molar-refractivity contribution in [3.8, 4) is 0 Å². The molecule has 0 unspecified atom stereocenters. The van der Waals surface area contributed by atoms with E-state index in [2.05, 4.69) is 19.6 Å². The molecule has 4 atom stereocenters. The standard InChI is InChI=1S/C18H32O3/c1-3-5-6-7-8-9-10-11-12-17-16(20)13-14-18(21-17)15(19)4-2/h4,11-12,15-20H,2-3,5-10,13-14H2,1H3/b12-11-/t15-,16+,17-,18-/m0/s1. The summed E-state index contributed by atoms with van der Waals surface area (Å²) in [5, 5.41) is 19.7. The van der Waals surface area contributed by atoms with Crippen molar-refractivity contribution in [3.05, 3.63) is 24.8 Å². The maximum absolute atomic E-state index is 9.96. The van der Waals surface area contributed by atoms with Crippen LogP contribution in [0.3, 0.4) is 0 Å². The lowest BCUT2D eigenvalue weighted by Gasteiger charge is -2.34. The molecule has 2 N–H and O–H groups in total. The number of aliphatic hydroxyl groups is 2. The Labute approximate surface area is 129 Å². The molecule has 3 heteroatoms. The van der Waals surface area contributed by atoms with E-state index in [4.69, 9.17) is 4.74 Å². The molecular formula is C18H32O3. The van der Waals surface area contributed by atoms with Gasteiger partial charge in [-0.05, 0) is 25.7 Å². The third-order valence-corrected chi connectivity index (χ3v) is 4.13. The highest BCUT2D eigenvalue weighted by Crippen LogP contribution is 2.23. The van der Waals surface area contributed by atoms with Gasteiger partial charge in [-0.25, -0.2) is 0 Å². The van der Waals surface area contributed by atoms with E-state index in [9.17, 15) is 10.2 Å². The van der Waals surface area contributed by atoms with E-state index in [1.807, 2.05) is 6.08 Å². The molecular weight excluding hydrogens is 264 g/mol. The molecule has 0 amide bonds. The smallest absolute Gasteiger partial charge is 0.102 e. The Morgan fingerprint density at radius 3 is 2.62 bits per heavy atom. The Hall–Kier alpha value is -0.640. The molecule has 1 rings (SSSR count). The first-order valence-corrected chi connectivity index (χ1v) is 8.49. The maximum Gasteiger partial charge on any atom is 0.102 e. The minimum absolute atomic E-state index is 0.241. The van der Waals surface area contributed by atoms with Gasteiger partial charge >= 0.3 is 0 Å². The Morgan fingerprint density at radius 2 is 1.90 bits per heavy atom. The van der Waals surface area contributed by atoms with Crippen LogP contribution in [0.25, 0.3) is 0 Å². The number of allylic oxidation sites excluding steroid dienone is 1. The zero-order valence-electron chi connectivity index (χ0n) is 13.4. The SMILES string of the molecule is C=C[C@H](O)[C@@H]1CC[C@@H](O)[C@H](/C=C\CCCCCCCC)O1. The van der Waals surface area contributed by atoms with E-state index in [0.717, 1.165) is 6.42 Å². The van der Waals surface area contributed by atoms with Gasteiger partial charge < -0.3 is 14.9 Å². The monoisotopic (exact) mass is 296 g/mol. The van der Waals surface area contributed by atoms with Crippen LogP contribution >= 0.6 is 0 Å². The molecule has 1 saturated heterocycles. The zero-order chi connectivity index (χ0) is 15.5. The highest BCUT2D eigenvalue weighted by Gasteiger charge is 2.30. The zero-order valence-corrected chi connectivity index (χ0v) is 13.4. The fourth-order valence-corrected chi connectivity index (χ4v) is 2.71. The molecule has 1 fully saturated rings. The molecule has 1 aliphatic rings. The molecule has 1 heterocycles. The highest BCUT2D eigenvalue weighted by atomic mass is 16.5. The first kappa shape index (κ1) is 18.4. The Morgan fingerprint density at radius 1 is 1.19 bits per heavy atom. The number of rotatable bonds is 10. The number of hydrogen-bond donors (Lipinski definition) is 2. The molecule has 3 nitrogen and oxygen atoms in total. The lowest BCUT2D eigenvalue weighted by molar-refractivity contribution is -0.123. The van der Waals surface area contributed by atoms with E-state index in [1.54, 1.807) is 0 Å². The molecule has 21 heavy (non-hydrogen) atoms. The second-order valence-corrected chi connectivity index (χ2v) is 5.99. The molecule has 0 aromatic rings. The predicted molar refractivity (Wildman–Crippen MR) is 87.2 cm³/mol. The Kier molecular flexibility index (Phi) is 9.64. The molecule has 0 aromatic carbocycles. The van der Waals surface area contributed by atoms with Crippen molar-refractivity contribution >= 4 is 0 Å². The van der Waals surface area contributed by atoms with Crippen molar-refractivity contribution in [1.29, 1.82) is 0 Å². The number of hydrogen-bond acceptors (Lipinski definition) is 3. The summed E-state index contributed by atoms with van der Waals surface area (Å²) < 4.78 is 5.75. The molecule has 0 saturated carbocycles. The van der Waals surface area contributed by atoms with Crippen LogP contribution in [0.15, 0.2) is 24.8 Å². The lowest BCUT2D eigenvalue weighted by atomic mass is 9.97. The Balaban J connectivity index is 2.21. The van der Waals surface area contributed by atoms with Crippen molar-refractivity contribution in [2.75, 3.05) is 0 Å². The third kappa shape index (κ3) is 7.25. The van der Waals surface area contributed by atoms with Crippen LogP contribution in [0.4, 0.5) is 0 Å². The summed E-state index contributed by atoms with van der Waals surface area (Å²) in [6.45, 7) is 5.82. The number of ether oxygens (including phenoxy) is 1. The van der Waals surface area contributed by atoms with E-state index >= 15 is 0 Å². The summed E-state index contributed by atoms with van der Waals surface area (Å²) in [4.78, 5) is 0. The maximum atomic E-state index is 9.96. The second kappa shape index (κ2) is 11.0. The van der Waals surface area contributed by atoms with Gasteiger partial charge in [0.25, 0.3) is 0 Å². The molecule has 0 aromatic heterocycles. The summed E-state index contributed by atoms with van der Waals surface area (Å²) >= 11 is 0. The van der Waals surface area contributed by atoms with Gasteiger partial charge in [0.1, 0.15) is 6.10 Å². The Bertz CT molecular complexity index is 301. The van der Waals surface area contributed by atoms with E-state index in [-0.39, 0.29) is 12.2 Å². The van der Waals surface area contributed by atoms with Gasteiger partial charge in [0.2, 0.25) is 0 Å². The fourth-order valence-electron chi connectivity index (χ4n) is 2.71. The van der Waals surface area contributed by atoms with E-state index in [1.165, 1.54) is 44.6 Å². The summed E-state index contributed by atoms with van der Waals surface area (Å²) in [7, 11) is 0. The largest absolute Gasteiger partial charge is 0.390 e. The number of aliphatic hydroxyl groups excluding tert-OH is 2. The topological polar surface area (TPSA) is 49.7 Å². The van der Waals surface area contributed by atoms with Crippen molar-refractivity contribution < 1.29 is 14.9 Å². The number of unbranched alkanes of at least 4 members (excludes halogenated alkanes) is 6. The van der Waals surface area contributed by atoms with Crippen LogP contribution in [0, 0.1) is 0 Å². The summed E-state index contributed by atoms with van der Waals surface area (Å²) in [5.41, 5.74) is 0. The van der Waals surface area contributed by atoms with Gasteiger partial charge in [0.05, 0.1) is 18.3 Å². The van der Waals surface area contributed by atoms with Gasteiger partial charge in [-0.2, -0.15) is 0 Å². The minimum atomic E-state index is -0.646. The summed E-state index contributed by atoms with van der Waals surface area (Å²) in [5.74, 6) is 0.